The summed E-state index contributed by atoms with van der Waals surface area (Å²) in [4.78, 5) is 0. The summed E-state index contributed by atoms with van der Waals surface area (Å²) >= 11 is 0. The number of ether oxygens (including phenoxy) is 1. The zero-order valence-corrected chi connectivity index (χ0v) is 7.72. The molecule has 0 amide bonds. The van der Waals surface area contributed by atoms with Crippen molar-refractivity contribution < 1.29 is 4.74 Å². The first-order chi connectivity index (χ1) is 5.88. The second-order valence-electron chi connectivity index (χ2n) is 5.00. The largest absolute Gasteiger partial charge is 0.375 e. The molecular weight excluding hydrogens is 148 g/mol. The molecule has 1 spiro atoms. The molecule has 2 atom stereocenters. The van der Waals surface area contributed by atoms with E-state index in [0.29, 0.717) is 5.60 Å². The minimum Gasteiger partial charge on any atom is -0.375 e. The highest BCUT2D eigenvalue weighted by Gasteiger charge is 2.45. The first kappa shape index (κ1) is 7.37. The first-order valence-corrected chi connectivity index (χ1v) is 5.52. The van der Waals surface area contributed by atoms with Crippen molar-refractivity contribution in [2.75, 3.05) is 6.61 Å². The van der Waals surface area contributed by atoms with Crippen molar-refractivity contribution in [1.29, 1.82) is 0 Å². The minimum atomic E-state index is 0.368. The molecule has 2 aliphatic carbocycles. The second kappa shape index (κ2) is 2.47. The maximum atomic E-state index is 6.11. The van der Waals surface area contributed by atoms with Crippen LogP contribution in [0.4, 0.5) is 0 Å². The molecule has 3 rings (SSSR count). The average Bonchev–Trinajstić information content (AvgIpc) is 2.70. The molecule has 68 valence electrons. The Morgan fingerprint density at radius 3 is 2.67 bits per heavy atom. The summed E-state index contributed by atoms with van der Waals surface area (Å²) in [5.41, 5.74) is 0.368. The molecule has 3 aliphatic rings. The molecule has 3 fully saturated rings. The lowest BCUT2D eigenvalue weighted by molar-refractivity contribution is -0.0443. The van der Waals surface area contributed by atoms with E-state index in [1.165, 1.54) is 44.9 Å². The second-order valence-corrected chi connectivity index (χ2v) is 5.00. The lowest BCUT2D eigenvalue weighted by atomic mass is 9.95. The maximum Gasteiger partial charge on any atom is 0.0682 e. The lowest BCUT2D eigenvalue weighted by Crippen LogP contribution is -2.28. The van der Waals surface area contributed by atoms with E-state index in [4.69, 9.17) is 4.74 Å². The highest BCUT2D eigenvalue weighted by Crippen LogP contribution is 2.50. The van der Waals surface area contributed by atoms with Gasteiger partial charge in [-0.05, 0) is 43.9 Å². The number of fused-ring (bicyclic) bond motifs is 1. The zero-order chi connectivity index (χ0) is 8.02. The SMILES string of the molecule is C1CCC2(C1)CC[C@H]1C[C@@H]1CO2. The van der Waals surface area contributed by atoms with Crippen LogP contribution in [0.2, 0.25) is 0 Å². The van der Waals surface area contributed by atoms with E-state index in [0.717, 1.165) is 18.4 Å². The molecule has 0 unspecified atom stereocenters. The van der Waals surface area contributed by atoms with Gasteiger partial charge in [0, 0.05) is 0 Å². The van der Waals surface area contributed by atoms with Crippen molar-refractivity contribution in [3.05, 3.63) is 0 Å². The molecule has 0 N–H and O–H groups in total. The van der Waals surface area contributed by atoms with E-state index in [2.05, 4.69) is 0 Å². The minimum absolute atomic E-state index is 0.368. The summed E-state index contributed by atoms with van der Waals surface area (Å²) < 4.78 is 6.11. The Bertz CT molecular complexity index is 167. The van der Waals surface area contributed by atoms with E-state index >= 15 is 0 Å². The van der Waals surface area contributed by atoms with E-state index in [-0.39, 0.29) is 0 Å². The third-order valence-corrected chi connectivity index (χ3v) is 4.16. The van der Waals surface area contributed by atoms with Crippen LogP contribution in [0.1, 0.15) is 44.9 Å². The Balaban J connectivity index is 1.71. The Morgan fingerprint density at radius 1 is 1.00 bits per heavy atom. The Morgan fingerprint density at radius 2 is 1.83 bits per heavy atom. The molecule has 0 aromatic carbocycles. The predicted octanol–water partition coefficient (Wildman–Crippen LogP) is 2.75. The van der Waals surface area contributed by atoms with Crippen molar-refractivity contribution in [2.45, 2.75) is 50.5 Å². The van der Waals surface area contributed by atoms with E-state index < -0.39 is 0 Å². The van der Waals surface area contributed by atoms with E-state index in [1.807, 2.05) is 0 Å². The summed E-state index contributed by atoms with van der Waals surface area (Å²) in [6.07, 6.45) is 9.83. The van der Waals surface area contributed by atoms with Gasteiger partial charge in [0.15, 0.2) is 0 Å². The van der Waals surface area contributed by atoms with Gasteiger partial charge in [-0.1, -0.05) is 12.8 Å². The summed E-state index contributed by atoms with van der Waals surface area (Å²) in [5.74, 6) is 2.02. The van der Waals surface area contributed by atoms with E-state index in [9.17, 15) is 0 Å². The smallest absolute Gasteiger partial charge is 0.0682 e. The average molecular weight is 166 g/mol. The standard InChI is InChI=1S/C11H18O/c1-2-5-11(4-1)6-3-9-7-10(9)8-12-11/h9-10H,1-8H2/t9-,10+/m0/s1. The van der Waals surface area contributed by atoms with Gasteiger partial charge in [-0.25, -0.2) is 0 Å². The van der Waals surface area contributed by atoms with Gasteiger partial charge in [-0.3, -0.25) is 0 Å². The van der Waals surface area contributed by atoms with Crippen molar-refractivity contribution in [3.63, 3.8) is 0 Å². The van der Waals surface area contributed by atoms with Gasteiger partial charge in [-0.2, -0.15) is 0 Å². The maximum absolute atomic E-state index is 6.11. The van der Waals surface area contributed by atoms with Crippen LogP contribution in [0.5, 0.6) is 0 Å². The van der Waals surface area contributed by atoms with Crippen LogP contribution in [0.25, 0.3) is 0 Å². The monoisotopic (exact) mass is 166 g/mol. The summed E-state index contributed by atoms with van der Waals surface area (Å²) in [5, 5.41) is 0. The normalized spacial score (nSPS) is 44.0. The van der Waals surface area contributed by atoms with Crippen LogP contribution < -0.4 is 0 Å². The topological polar surface area (TPSA) is 9.23 Å². The molecule has 1 aliphatic heterocycles. The number of hydrogen-bond acceptors (Lipinski definition) is 1. The van der Waals surface area contributed by atoms with E-state index in [1.54, 1.807) is 0 Å². The predicted molar refractivity (Wildman–Crippen MR) is 48.0 cm³/mol. The highest BCUT2D eigenvalue weighted by molar-refractivity contribution is 4.96. The molecule has 2 saturated carbocycles. The van der Waals surface area contributed by atoms with Crippen molar-refractivity contribution in [1.82, 2.24) is 0 Å². The molecule has 0 bridgehead atoms. The Hall–Kier alpha value is -0.0400. The molecule has 0 radical (unpaired) electrons. The van der Waals surface area contributed by atoms with Crippen molar-refractivity contribution in [2.24, 2.45) is 11.8 Å². The summed E-state index contributed by atoms with van der Waals surface area (Å²) in [7, 11) is 0. The summed E-state index contributed by atoms with van der Waals surface area (Å²) in [6, 6.07) is 0. The fourth-order valence-electron chi connectivity index (χ4n) is 3.09. The van der Waals surface area contributed by atoms with Gasteiger partial charge in [0.2, 0.25) is 0 Å². The van der Waals surface area contributed by atoms with Crippen LogP contribution in [-0.4, -0.2) is 12.2 Å². The van der Waals surface area contributed by atoms with Gasteiger partial charge in [0.25, 0.3) is 0 Å². The van der Waals surface area contributed by atoms with Crippen LogP contribution in [-0.2, 0) is 4.74 Å². The number of rotatable bonds is 0. The fraction of sp³-hybridized carbons (Fsp3) is 1.00. The van der Waals surface area contributed by atoms with Gasteiger partial charge < -0.3 is 4.74 Å². The lowest BCUT2D eigenvalue weighted by Gasteiger charge is -2.28. The quantitative estimate of drug-likeness (QED) is 0.537. The van der Waals surface area contributed by atoms with Crippen molar-refractivity contribution >= 4 is 0 Å². The van der Waals surface area contributed by atoms with Crippen LogP contribution >= 0.6 is 0 Å². The number of hydrogen-bond donors (Lipinski definition) is 0. The van der Waals surface area contributed by atoms with Crippen LogP contribution in [0.3, 0.4) is 0 Å². The first-order valence-electron chi connectivity index (χ1n) is 5.52. The zero-order valence-electron chi connectivity index (χ0n) is 7.72. The molecule has 1 heteroatoms. The van der Waals surface area contributed by atoms with Crippen molar-refractivity contribution in [3.8, 4) is 0 Å². The molecule has 0 aromatic rings. The molecule has 1 nitrogen and oxygen atoms in total. The van der Waals surface area contributed by atoms with Gasteiger partial charge in [-0.15, -0.1) is 0 Å². The fourth-order valence-corrected chi connectivity index (χ4v) is 3.09. The Kier molecular flexibility index (Phi) is 1.52. The molecule has 12 heavy (non-hydrogen) atoms. The Labute approximate surface area is 74.5 Å². The van der Waals surface area contributed by atoms with Gasteiger partial charge in [0.1, 0.15) is 0 Å². The van der Waals surface area contributed by atoms with Crippen LogP contribution in [0, 0.1) is 11.8 Å². The summed E-state index contributed by atoms with van der Waals surface area (Å²) in [6.45, 7) is 1.09. The third-order valence-electron chi connectivity index (χ3n) is 4.16. The molecule has 0 aromatic heterocycles. The molecular formula is C11H18O. The molecule has 1 heterocycles. The van der Waals surface area contributed by atoms with Gasteiger partial charge >= 0.3 is 0 Å². The highest BCUT2D eigenvalue weighted by atomic mass is 16.5. The molecule has 1 saturated heterocycles. The van der Waals surface area contributed by atoms with Crippen LogP contribution in [0.15, 0.2) is 0 Å². The third kappa shape index (κ3) is 1.10. The van der Waals surface area contributed by atoms with Gasteiger partial charge in [0.05, 0.1) is 12.2 Å².